The second-order valence-electron chi connectivity index (χ2n) is 5.70. The highest BCUT2D eigenvalue weighted by molar-refractivity contribution is 5.85. The van der Waals surface area contributed by atoms with Gasteiger partial charge >= 0.3 is 0 Å². The zero-order valence-electron chi connectivity index (χ0n) is 14.0. The summed E-state index contributed by atoms with van der Waals surface area (Å²) in [7, 11) is 3.84. The predicted molar refractivity (Wildman–Crippen MR) is 104 cm³/mol. The maximum Gasteiger partial charge on any atom is 0.126 e. The summed E-state index contributed by atoms with van der Waals surface area (Å²) in [5, 5.41) is 1.26. The monoisotopic (exact) mass is 342 g/mol. The molecule has 2 aromatic carbocycles. The van der Waals surface area contributed by atoms with Crippen LogP contribution in [0.2, 0.25) is 0 Å². The summed E-state index contributed by atoms with van der Waals surface area (Å²) in [6.45, 7) is 1.79. The van der Waals surface area contributed by atoms with Crippen LogP contribution in [0.1, 0.15) is 11.1 Å². The zero-order chi connectivity index (χ0) is 16.1. The Labute approximate surface area is 149 Å². The third-order valence-electron chi connectivity index (χ3n) is 3.97. The molecule has 3 rings (SSSR count). The van der Waals surface area contributed by atoms with Crippen molar-refractivity contribution in [1.29, 1.82) is 0 Å². The van der Waals surface area contributed by atoms with Gasteiger partial charge in [0.15, 0.2) is 0 Å². The molecule has 0 aliphatic heterocycles. The molecule has 0 amide bonds. The summed E-state index contributed by atoms with van der Waals surface area (Å²) in [4.78, 5) is 5.62. The highest BCUT2D eigenvalue weighted by Gasteiger charge is 2.04. The van der Waals surface area contributed by atoms with Gasteiger partial charge in [0.1, 0.15) is 5.75 Å². The quantitative estimate of drug-likeness (QED) is 0.700. The maximum absolute atomic E-state index is 5.37. The highest BCUT2D eigenvalue weighted by atomic mass is 35.5. The van der Waals surface area contributed by atoms with E-state index in [1.165, 1.54) is 16.5 Å². The van der Waals surface area contributed by atoms with E-state index in [-0.39, 0.29) is 12.4 Å². The molecule has 0 saturated carbocycles. The highest BCUT2D eigenvalue weighted by Crippen LogP contribution is 2.20. The average molecular weight is 343 g/mol. The SMILES string of the molecule is COc1ccccc1/C=C/CN(C)Cc1cccc2cc[nH]c12.Cl. The molecular weight excluding hydrogens is 320 g/mol. The number of H-pyrrole nitrogens is 1. The van der Waals surface area contributed by atoms with Gasteiger partial charge in [-0.1, -0.05) is 48.6 Å². The third kappa shape index (κ3) is 4.19. The lowest BCUT2D eigenvalue weighted by molar-refractivity contribution is 0.365. The van der Waals surface area contributed by atoms with Crippen molar-refractivity contribution >= 4 is 29.4 Å². The van der Waals surface area contributed by atoms with E-state index in [0.29, 0.717) is 0 Å². The minimum atomic E-state index is 0. The number of fused-ring (bicyclic) bond motifs is 1. The van der Waals surface area contributed by atoms with Crippen molar-refractivity contribution in [1.82, 2.24) is 9.88 Å². The number of aromatic amines is 1. The van der Waals surface area contributed by atoms with E-state index in [9.17, 15) is 0 Å². The molecule has 0 atom stereocenters. The summed E-state index contributed by atoms with van der Waals surface area (Å²) >= 11 is 0. The molecule has 0 aliphatic carbocycles. The Morgan fingerprint density at radius 1 is 1.08 bits per heavy atom. The lowest BCUT2D eigenvalue weighted by Crippen LogP contribution is -2.17. The normalized spacial score (nSPS) is 11.1. The van der Waals surface area contributed by atoms with E-state index < -0.39 is 0 Å². The second-order valence-corrected chi connectivity index (χ2v) is 5.70. The molecule has 0 bridgehead atoms. The first-order chi connectivity index (χ1) is 11.3. The number of methoxy groups -OCH3 is 1. The Bertz CT molecular complexity index is 810. The van der Waals surface area contributed by atoms with E-state index in [0.717, 1.165) is 24.4 Å². The first-order valence-electron chi connectivity index (χ1n) is 7.81. The molecule has 1 aromatic heterocycles. The molecule has 0 spiro atoms. The van der Waals surface area contributed by atoms with Gasteiger partial charge in [-0.2, -0.15) is 0 Å². The van der Waals surface area contributed by atoms with E-state index in [1.807, 2.05) is 24.4 Å². The molecule has 0 fully saturated rings. The summed E-state index contributed by atoms with van der Waals surface area (Å²) in [6, 6.07) is 16.6. The van der Waals surface area contributed by atoms with E-state index >= 15 is 0 Å². The fraction of sp³-hybridized carbons (Fsp3) is 0.200. The fourth-order valence-electron chi connectivity index (χ4n) is 2.80. The summed E-state index contributed by atoms with van der Waals surface area (Å²) in [5.41, 5.74) is 3.66. The first kappa shape index (κ1) is 18.1. The van der Waals surface area contributed by atoms with Crippen molar-refractivity contribution in [3.63, 3.8) is 0 Å². The van der Waals surface area contributed by atoms with Crippen molar-refractivity contribution < 1.29 is 4.74 Å². The van der Waals surface area contributed by atoms with Crippen LogP contribution in [0.4, 0.5) is 0 Å². The Balaban J connectivity index is 0.00000208. The van der Waals surface area contributed by atoms with E-state index in [4.69, 9.17) is 4.74 Å². The van der Waals surface area contributed by atoms with Crippen LogP contribution in [-0.4, -0.2) is 30.6 Å². The number of nitrogens with zero attached hydrogens (tertiary/aromatic N) is 1. The van der Waals surface area contributed by atoms with Crippen molar-refractivity contribution in [3.05, 3.63) is 71.9 Å². The molecule has 24 heavy (non-hydrogen) atoms. The van der Waals surface area contributed by atoms with Gasteiger partial charge < -0.3 is 9.72 Å². The Morgan fingerprint density at radius 3 is 2.75 bits per heavy atom. The Kier molecular flexibility index (Phi) is 6.47. The Morgan fingerprint density at radius 2 is 1.92 bits per heavy atom. The van der Waals surface area contributed by atoms with Crippen LogP contribution in [0.15, 0.2) is 60.8 Å². The van der Waals surface area contributed by atoms with Crippen LogP contribution in [0.3, 0.4) is 0 Å². The van der Waals surface area contributed by atoms with Crippen LogP contribution in [0.25, 0.3) is 17.0 Å². The molecule has 1 heterocycles. The molecule has 126 valence electrons. The van der Waals surface area contributed by atoms with Gasteiger partial charge in [-0.15, -0.1) is 12.4 Å². The van der Waals surface area contributed by atoms with Crippen LogP contribution >= 0.6 is 12.4 Å². The minimum Gasteiger partial charge on any atom is -0.496 e. The molecule has 4 heteroatoms. The number of halogens is 1. The smallest absolute Gasteiger partial charge is 0.126 e. The fourth-order valence-corrected chi connectivity index (χ4v) is 2.80. The van der Waals surface area contributed by atoms with Gasteiger partial charge in [0.2, 0.25) is 0 Å². The third-order valence-corrected chi connectivity index (χ3v) is 3.97. The molecule has 0 saturated heterocycles. The standard InChI is InChI=1S/C20H22N2O.ClH/c1-22(14-6-10-16-7-3-4-11-19(16)23-2)15-18-9-5-8-17-12-13-21-20(17)18;/h3-13,21H,14-15H2,1-2H3;1H/b10-6+;. The van der Waals surface area contributed by atoms with Crippen LogP contribution in [0.5, 0.6) is 5.75 Å². The van der Waals surface area contributed by atoms with Crippen LogP contribution in [-0.2, 0) is 6.54 Å². The van der Waals surface area contributed by atoms with Crippen molar-refractivity contribution in [3.8, 4) is 5.75 Å². The number of hydrogen-bond donors (Lipinski definition) is 1. The Hall–Kier alpha value is -2.23. The molecular formula is C20H23ClN2O. The van der Waals surface area contributed by atoms with E-state index in [2.05, 4.69) is 59.4 Å². The number of rotatable bonds is 6. The number of aromatic nitrogens is 1. The van der Waals surface area contributed by atoms with Gasteiger partial charge in [-0.25, -0.2) is 0 Å². The summed E-state index contributed by atoms with van der Waals surface area (Å²) in [6.07, 6.45) is 6.28. The number of likely N-dealkylation sites (N-methyl/N-ethyl adjacent to an activating group) is 1. The summed E-state index contributed by atoms with van der Waals surface area (Å²) < 4.78 is 5.37. The van der Waals surface area contributed by atoms with Gasteiger partial charge in [0.25, 0.3) is 0 Å². The molecule has 1 N–H and O–H groups in total. The molecule has 0 unspecified atom stereocenters. The lowest BCUT2D eigenvalue weighted by atomic mass is 10.1. The lowest BCUT2D eigenvalue weighted by Gasteiger charge is -2.15. The first-order valence-corrected chi connectivity index (χ1v) is 7.81. The topological polar surface area (TPSA) is 28.3 Å². The molecule has 0 radical (unpaired) electrons. The maximum atomic E-state index is 5.37. The van der Waals surface area contributed by atoms with Gasteiger partial charge in [0.05, 0.1) is 7.11 Å². The van der Waals surface area contributed by atoms with Gasteiger partial charge in [-0.05, 0) is 30.1 Å². The average Bonchev–Trinajstić information content (AvgIpc) is 3.05. The second kappa shape index (κ2) is 8.57. The largest absolute Gasteiger partial charge is 0.496 e. The van der Waals surface area contributed by atoms with Gasteiger partial charge in [-0.3, -0.25) is 4.90 Å². The minimum absolute atomic E-state index is 0. The van der Waals surface area contributed by atoms with Crippen LogP contribution in [0, 0.1) is 0 Å². The van der Waals surface area contributed by atoms with Crippen LogP contribution < -0.4 is 4.74 Å². The van der Waals surface area contributed by atoms with Gasteiger partial charge in [0, 0.05) is 30.4 Å². The van der Waals surface area contributed by atoms with Crippen molar-refractivity contribution in [2.45, 2.75) is 6.54 Å². The zero-order valence-corrected chi connectivity index (χ0v) is 14.8. The number of hydrogen-bond acceptors (Lipinski definition) is 2. The van der Waals surface area contributed by atoms with E-state index in [1.54, 1.807) is 7.11 Å². The summed E-state index contributed by atoms with van der Waals surface area (Å²) in [5.74, 6) is 0.905. The number of para-hydroxylation sites is 2. The number of ether oxygens (including phenoxy) is 1. The number of nitrogens with one attached hydrogen (secondary N) is 1. The molecule has 3 aromatic rings. The molecule has 0 aliphatic rings. The molecule has 3 nitrogen and oxygen atoms in total. The van der Waals surface area contributed by atoms with Crippen molar-refractivity contribution in [2.24, 2.45) is 0 Å². The number of benzene rings is 2. The van der Waals surface area contributed by atoms with Crippen molar-refractivity contribution in [2.75, 3.05) is 20.7 Å². The predicted octanol–water partition coefficient (Wildman–Crippen LogP) is 4.74.